The first-order valence-electron chi connectivity index (χ1n) is 4.05. The van der Waals surface area contributed by atoms with Crippen molar-refractivity contribution in [1.82, 2.24) is 0 Å². The number of aryl methyl sites for hydroxylation is 1. The lowest BCUT2D eigenvalue weighted by Gasteiger charge is -2.07. The minimum absolute atomic E-state index is 0. The Morgan fingerprint density at radius 1 is 1.38 bits per heavy atom. The Balaban J connectivity index is 0.00000144. The predicted molar refractivity (Wildman–Crippen MR) is 57.1 cm³/mol. The quantitative estimate of drug-likeness (QED) is 0.577. The summed E-state index contributed by atoms with van der Waals surface area (Å²) in [7, 11) is 0. The van der Waals surface area contributed by atoms with Crippen LogP contribution in [0.2, 0.25) is 0 Å². The average molecular weight is 200 g/mol. The largest absolute Gasteiger partial charge is 0.444 e. The Morgan fingerprint density at radius 2 is 2.00 bits per heavy atom. The van der Waals surface area contributed by atoms with Crippen LogP contribution in [0.25, 0.3) is 0 Å². The number of benzene rings is 1. The molecule has 13 heavy (non-hydrogen) atoms. The van der Waals surface area contributed by atoms with Crippen LogP contribution in [0.1, 0.15) is 19.4 Å². The zero-order valence-electron chi connectivity index (χ0n) is 7.83. The average Bonchev–Trinajstić information content (AvgIpc) is 2.04. The van der Waals surface area contributed by atoms with Gasteiger partial charge < -0.3 is 4.74 Å². The van der Waals surface area contributed by atoms with Crippen molar-refractivity contribution in [3.05, 3.63) is 29.8 Å². The van der Waals surface area contributed by atoms with E-state index in [9.17, 15) is 0 Å². The van der Waals surface area contributed by atoms with Gasteiger partial charge in [-0.1, -0.05) is 25.1 Å². The molecule has 0 aromatic heterocycles. The Morgan fingerprint density at radius 3 is 2.54 bits per heavy atom. The monoisotopic (exact) mass is 199 g/mol. The minimum Gasteiger partial charge on any atom is -0.444 e. The van der Waals surface area contributed by atoms with Crippen molar-refractivity contribution in [2.24, 2.45) is 0 Å². The smallest absolute Gasteiger partial charge is 0.184 e. The molecule has 0 unspecified atom stereocenters. The Labute approximate surface area is 84.8 Å². The fraction of sp³-hybridized carbons (Fsp3) is 0.300. The number of rotatable bonds is 2. The van der Waals surface area contributed by atoms with Gasteiger partial charge in [0.05, 0.1) is 0 Å². The molecule has 0 saturated carbocycles. The summed E-state index contributed by atoms with van der Waals surface area (Å²) >= 11 is 0. The molecule has 0 saturated heterocycles. The van der Waals surface area contributed by atoms with Crippen molar-refractivity contribution < 1.29 is 4.74 Å². The van der Waals surface area contributed by atoms with Crippen molar-refractivity contribution in [3.63, 3.8) is 0 Å². The van der Waals surface area contributed by atoms with E-state index in [0.29, 0.717) is 0 Å². The fourth-order valence-corrected chi connectivity index (χ4v) is 1.06. The van der Waals surface area contributed by atoms with Crippen molar-refractivity contribution in [2.75, 3.05) is 0 Å². The maximum Gasteiger partial charge on any atom is 0.184 e. The molecular weight excluding hydrogens is 186 g/mol. The number of hydrogen-bond acceptors (Lipinski definition) is 2. The number of para-hydroxylation sites is 1. The molecule has 2 nitrogen and oxygen atoms in total. The predicted octanol–water partition coefficient (Wildman–Crippen LogP) is 3.05. The highest BCUT2D eigenvalue weighted by molar-refractivity contribution is 5.85. The van der Waals surface area contributed by atoms with Crippen molar-refractivity contribution in [2.45, 2.75) is 20.3 Å². The fourth-order valence-electron chi connectivity index (χ4n) is 1.06. The van der Waals surface area contributed by atoms with Gasteiger partial charge in [-0.2, -0.15) is 0 Å². The molecule has 0 spiro atoms. The van der Waals surface area contributed by atoms with E-state index in [2.05, 4.69) is 6.92 Å². The first-order valence-corrected chi connectivity index (χ1v) is 4.05. The number of hydrogen-bond donors (Lipinski definition) is 1. The van der Waals surface area contributed by atoms with Crippen molar-refractivity contribution in [1.29, 1.82) is 5.41 Å². The van der Waals surface area contributed by atoms with Gasteiger partial charge in [-0.3, -0.25) is 5.41 Å². The van der Waals surface area contributed by atoms with Gasteiger partial charge in [0, 0.05) is 6.92 Å². The Kier molecular flexibility index (Phi) is 5.16. The Bertz CT molecular complexity index is 286. The van der Waals surface area contributed by atoms with Gasteiger partial charge in [0.1, 0.15) is 5.75 Å². The van der Waals surface area contributed by atoms with Crippen LogP contribution in [0.15, 0.2) is 24.3 Å². The Hall–Kier alpha value is -1.02. The molecule has 0 heterocycles. The van der Waals surface area contributed by atoms with Crippen LogP contribution in [0.5, 0.6) is 5.75 Å². The summed E-state index contributed by atoms with van der Waals surface area (Å²) in [5, 5.41) is 7.18. The van der Waals surface area contributed by atoms with Gasteiger partial charge in [-0.05, 0) is 18.1 Å². The summed E-state index contributed by atoms with van der Waals surface area (Å²) in [6.45, 7) is 3.70. The van der Waals surface area contributed by atoms with Crippen LogP contribution in [-0.4, -0.2) is 5.90 Å². The van der Waals surface area contributed by atoms with E-state index in [4.69, 9.17) is 10.1 Å². The summed E-state index contributed by atoms with van der Waals surface area (Å²) in [6.07, 6.45) is 0.934. The van der Waals surface area contributed by atoms with Gasteiger partial charge in [-0.15, -0.1) is 12.4 Å². The SMILES string of the molecule is CCc1ccccc1OC(C)=N.Cl. The molecule has 0 amide bonds. The molecule has 3 heteroatoms. The third-order valence-electron chi connectivity index (χ3n) is 1.62. The maximum absolute atomic E-state index is 7.18. The zero-order chi connectivity index (χ0) is 8.97. The first-order chi connectivity index (χ1) is 5.74. The van der Waals surface area contributed by atoms with Gasteiger partial charge in [-0.25, -0.2) is 0 Å². The lowest BCUT2D eigenvalue weighted by atomic mass is 10.1. The number of nitrogens with one attached hydrogen (secondary N) is 1. The molecule has 72 valence electrons. The van der Waals surface area contributed by atoms with Crippen LogP contribution in [0, 0.1) is 5.41 Å². The second-order valence-electron chi connectivity index (χ2n) is 2.62. The van der Waals surface area contributed by atoms with E-state index in [1.165, 1.54) is 0 Å². The molecule has 0 aliphatic rings. The maximum atomic E-state index is 7.18. The highest BCUT2D eigenvalue weighted by atomic mass is 35.5. The molecular formula is C10H14ClNO. The lowest BCUT2D eigenvalue weighted by Crippen LogP contribution is -2.02. The molecule has 0 aliphatic carbocycles. The molecule has 1 N–H and O–H groups in total. The van der Waals surface area contributed by atoms with Crippen LogP contribution in [0.4, 0.5) is 0 Å². The highest BCUT2D eigenvalue weighted by Crippen LogP contribution is 2.18. The van der Waals surface area contributed by atoms with Crippen molar-refractivity contribution >= 4 is 18.3 Å². The normalized spacial score (nSPS) is 8.77. The standard InChI is InChI=1S/C10H13NO.ClH/c1-3-9-6-4-5-7-10(9)12-8(2)11;/h4-7,11H,3H2,1-2H3;1H. The third-order valence-corrected chi connectivity index (χ3v) is 1.62. The van der Waals surface area contributed by atoms with Gasteiger partial charge in [0.15, 0.2) is 5.90 Å². The molecule has 1 aromatic rings. The summed E-state index contributed by atoms with van der Waals surface area (Å²) in [5.41, 5.74) is 1.14. The van der Waals surface area contributed by atoms with E-state index in [-0.39, 0.29) is 18.3 Å². The summed E-state index contributed by atoms with van der Waals surface area (Å²) in [6, 6.07) is 7.79. The van der Waals surface area contributed by atoms with Crippen LogP contribution in [-0.2, 0) is 6.42 Å². The second kappa shape index (κ2) is 5.60. The molecule has 1 aromatic carbocycles. The van der Waals surface area contributed by atoms with Crippen LogP contribution < -0.4 is 4.74 Å². The van der Waals surface area contributed by atoms with E-state index >= 15 is 0 Å². The van der Waals surface area contributed by atoms with Gasteiger partial charge in [0.25, 0.3) is 0 Å². The molecule has 0 aliphatic heterocycles. The van der Waals surface area contributed by atoms with Crippen LogP contribution in [0.3, 0.4) is 0 Å². The molecule has 0 radical (unpaired) electrons. The molecule has 0 fully saturated rings. The van der Waals surface area contributed by atoms with Crippen molar-refractivity contribution in [3.8, 4) is 5.75 Å². The molecule has 0 bridgehead atoms. The molecule has 0 atom stereocenters. The minimum atomic E-state index is 0. The highest BCUT2D eigenvalue weighted by Gasteiger charge is 2.00. The lowest BCUT2D eigenvalue weighted by molar-refractivity contribution is 0.534. The summed E-state index contributed by atoms with van der Waals surface area (Å²) in [5.74, 6) is 1.03. The van der Waals surface area contributed by atoms with Crippen LogP contribution >= 0.6 is 12.4 Å². The van der Waals surface area contributed by atoms with E-state index in [1.807, 2.05) is 24.3 Å². The molecule has 1 rings (SSSR count). The van der Waals surface area contributed by atoms with E-state index in [1.54, 1.807) is 6.92 Å². The van der Waals surface area contributed by atoms with E-state index in [0.717, 1.165) is 17.7 Å². The number of ether oxygens (including phenoxy) is 1. The van der Waals surface area contributed by atoms with Gasteiger partial charge >= 0.3 is 0 Å². The summed E-state index contributed by atoms with van der Waals surface area (Å²) in [4.78, 5) is 0. The topological polar surface area (TPSA) is 33.1 Å². The third kappa shape index (κ3) is 3.47. The zero-order valence-corrected chi connectivity index (χ0v) is 8.65. The van der Waals surface area contributed by atoms with Gasteiger partial charge in [0.2, 0.25) is 0 Å². The summed E-state index contributed by atoms with van der Waals surface area (Å²) < 4.78 is 5.22. The first kappa shape index (κ1) is 12.0. The van der Waals surface area contributed by atoms with E-state index < -0.39 is 0 Å². The second-order valence-corrected chi connectivity index (χ2v) is 2.62. The number of halogens is 1.